The van der Waals surface area contributed by atoms with Gasteiger partial charge in [0.1, 0.15) is 6.04 Å². The molecular weight excluding hydrogens is 354 g/mol. The lowest BCUT2D eigenvalue weighted by atomic mass is 10.1. The van der Waals surface area contributed by atoms with E-state index in [1.54, 1.807) is 0 Å². The van der Waals surface area contributed by atoms with E-state index in [1.165, 1.54) is 57.8 Å². The topological polar surface area (TPSA) is 64.6 Å². The number of carbonyl (C=O) groups excluding carboxylic acids is 2. The smallest absolute Gasteiger partial charge is 0.407 e. The molecule has 0 rings (SSSR count). The van der Waals surface area contributed by atoms with Gasteiger partial charge in [-0.15, -0.1) is 0 Å². The lowest BCUT2D eigenvalue weighted by Gasteiger charge is -2.20. The van der Waals surface area contributed by atoms with Crippen molar-refractivity contribution >= 4 is 12.1 Å². The summed E-state index contributed by atoms with van der Waals surface area (Å²) >= 11 is 0. The molecule has 5 heteroatoms. The van der Waals surface area contributed by atoms with Crippen molar-refractivity contribution < 1.29 is 19.1 Å². The average Bonchev–Trinajstić information content (AvgIpc) is 2.66. The van der Waals surface area contributed by atoms with Gasteiger partial charge in [0.15, 0.2) is 0 Å². The van der Waals surface area contributed by atoms with Crippen LogP contribution in [-0.2, 0) is 14.3 Å². The molecule has 0 radical (unpaired) electrons. The van der Waals surface area contributed by atoms with Crippen molar-refractivity contribution in [3.63, 3.8) is 0 Å². The third-order valence-electron chi connectivity index (χ3n) is 4.92. The number of ether oxygens (including phenoxy) is 2. The van der Waals surface area contributed by atoms with Crippen LogP contribution in [0.25, 0.3) is 0 Å². The van der Waals surface area contributed by atoms with Crippen molar-refractivity contribution in [3.8, 4) is 0 Å². The molecule has 0 heterocycles. The second kappa shape index (κ2) is 19.1. The standard InChI is InChI=1S/C23H45NO4/c1-5-7-9-10-11-12-13-14-15-16-17-19-27-22(25)21(20(3)4)24-23(26)28-18-8-6-2/h20-21H,5-19H2,1-4H3,(H,24,26). The normalized spacial score (nSPS) is 12.0. The number of carbonyl (C=O) groups is 2. The average molecular weight is 400 g/mol. The summed E-state index contributed by atoms with van der Waals surface area (Å²) in [7, 11) is 0. The third kappa shape index (κ3) is 15.8. The first-order valence-corrected chi connectivity index (χ1v) is 11.6. The summed E-state index contributed by atoms with van der Waals surface area (Å²) in [6.07, 6.45) is 15.1. The lowest BCUT2D eigenvalue weighted by molar-refractivity contribution is -0.147. The van der Waals surface area contributed by atoms with Crippen molar-refractivity contribution in [2.75, 3.05) is 13.2 Å². The molecular formula is C23H45NO4. The van der Waals surface area contributed by atoms with Crippen LogP contribution in [0.4, 0.5) is 4.79 Å². The largest absolute Gasteiger partial charge is 0.464 e. The summed E-state index contributed by atoms with van der Waals surface area (Å²) in [4.78, 5) is 24.0. The van der Waals surface area contributed by atoms with Gasteiger partial charge < -0.3 is 14.8 Å². The number of hydrogen-bond donors (Lipinski definition) is 1. The van der Waals surface area contributed by atoms with E-state index in [9.17, 15) is 9.59 Å². The van der Waals surface area contributed by atoms with Crippen LogP contribution in [0.1, 0.15) is 111 Å². The molecule has 5 nitrogen and oxygen atoms in total. The van der Waals surface area contributed by atoms with Gasteiger partial charge >= 0.3 is 12.1 Å². The quantitative estimate of drug-likeness (QED) is 0.214. The molecule has 166 valence electrons. The molecule has 0 fully saturated rings. The molecule has 0 saturated heterocycles. The number of esters is 1. The Hall–Kier alpha value is -1.26. The van der Waals surface area contributed by atoms with Crippen molar-refractivity contribution in [2.24, 2.45) is 5.92 Å². The number of hydrogen-bond acceptors (Lipinski definition) is 4. The van der Waals surface area contributed by atoms with Crippen LogP contribution in [0.15, 0.2) is 0 Å². The van der Waals surface area contributed by atoms with Crippen LogP contribution >= 0.6 is 0 Å². The van der Waals surface area contributed by atoms with E-state index in [2.05, 4.69) is 12.2 Å². The van der Waals surface area contributed by atoms with Crippen LogP contribution in [0, 0.1) is 5.92 Å². The molecule has 1 atom stereocenters. The van der Waals surface area contributed by atoms with E-state index >= 15 is 0 Å². The highest BCUT2D eigenvalue weighted by Gasteiger charge is 2.26. The van der Waals surface area contributed by atoms with Gasteiger partial charge in [-0.2, -0.15) is 0 Å². The van der Waals surface area contributed by atoms with Crippen LogP contribution in [-0.4, -0.2) is 31.3 Å². The van der Waals surface area contributed by atoms with Crippen LogP contribution in [0.3, 0.4) is 0 Å². The number of rotatable bonds is 18. The van der Waals surface area contributed by atoms with E-state index in [0.29, 0.717) is 13.2 Å². The SMILES string of the molecule is CCCCCCCCCCCCCOC(=O)C(NC(=O)OCCCC)C(C)C. The minimum absolute atomic E-state index is 0.0384. The van der Waals surface area contributed by atoms with Crippen molar-refractivity contribution in [1.29, 1.82) is 0 Å². The Balaban J connectivity index is 3.74. The summed E-state index contributed by atoms with van der Waals surface area (Å²) in [5, 5.41) is 2.63. The summed E-state index contributed by atoms with van der Waals surface area (Å²) in [5.74, 6) is -0.405. The zero-order valence-corrected chi connectivity index (χ0v) is 18.9. The van der Waals surface area contributed by atoms with E-state index in [4.69, 9.17) is 9.47 Å². The number of nitrogens with one attached hydrogen (secondary N) is 1. The Morgan fingerprint density at radius 1 is 0.679 bits per heavy atom. The predicted octanol–water partition coefficient (Wildman–Crippen LogP) is 6.39. The van der Waals surface area contributed by atoms with Crippen LogP contribution in [0.2, 0.25) is 0 Å². The maximum absolute atomic E-state index is 12.2. The number of alkyl carbamates (subject to hydrolysis) is 1. The fourth-order valence-electron chi connectivity index (χ4n) is 3.00. The van der Waals surface area contributed by atoms with Gasteiger partial charge in [0.05, 0.1) is 13.2 Å². The van der Waals surface area contributed by atoms with E-state index < -0.39 is 12.1 Å². The Bertz CT molecular complexity index is 385. The molecule has 0 aromatic heterocycles. The lowest BCUT2D eigenvalue weighted by Crippen LogP contribution is -2.45. The zero-order chi connectivity index (χ0) is 21.0. The Kier molecular flexibility index (Phi) is 18.2. The minimum Gasteiger partial charge on any atom is -0.464 e. The molecule has 0 aliphatic carbocycles. The molecule has 0 aromatic rings. The van der Waals surface area contributed by atoms with Gasteiger partial charge in [0.2, 0.25) is 0 Å². The Morgan fingerprint density at radius 3 is 1.64 bits per heavy atom. The Labute approximate surface area is 173 Å². The minimum atomic E-state index is -0.651. The summed E-state index contributed by atoms with van der Waals surface area (Å²) in [6.45, 7) is 8.86. The van der Waals surface area contributed by atoms with Gasteiger partial charge in [-0.3, -0.25) is 0 Å². The molecule has 28 heavy (non-hydrogen) atoms. The second-order valence-corrected chi connectivity index (χ2v) is 8.06. The van der Waals surface area contributed by atoms with Crippen LogP contribution < -0.4 is 5.32 Å². The molecule has 0 aliphatic heterocycles. The Morgan fingerprint density at radius 2 is 1.14 bits per heavy atom. The molecule has 1 unspecified atom stereocenters. The first-order chi connectivity index (χ1) is 13.5. The molecule has 0 spiro atoms. The zero-order valence-electron chi connectivity index (χ0n) is 18.9. The first kappa shape index (κ1) is 26.7. The van der Waals surface area contributed by atoms with Crippen LogP contribution in [0.5, 0.6) is 0 Å². The fourth-order valence-corrected chi connectivity index (χ4v) is 3.00. The van der Waals surface area contributed by atoms with E-state index in [1.807, 2.05) is 20.8 Å². The van der Waals surface area contributed by atoms with Crippen molar-refractivity contribution in [3.05, 3.63) is 0 Å². The van der Waals surface area contributed by atoms with Gasteiger partial charge in [0, 0.05) is 0 Å². The van der Waals surface area contributed by atoms with Gasteiger partial charge in [-0.25, -0.2) is 9.59 Å². The third-order valence-corrected chi connectivity index (χ3v) is 4.92. The molecule has 0 bridgehead atoms. The van der Waals surface area contributed by atoms with Gasteiger partial charge in [0.25, 0.3) is 0 Å². The highest BCUT2D eigenvalue weighted by Crippen LogP contribution is 2.11. The fraction of sp³-hybridized carbons (Fsp3) is 0.913. The van der Waals surface area contributed by atoms with Gasteiger partial charge in [-0.05, 0) is 18.8 Å². The summed E-state index contributed by atoms with van der Waals surface area (Å²) in [5.41, 5.74) is 0. The molecule has 1 amide bonds. The van der Waals surface area contributed by atoms with Crippen molar-refractivity contribution in [2.45, 2.75) is 117 Å². The highest BCUT2D eigenvalue weighted by molar-refractivity contribution is 5.81. The maximum Gasteiger partial charge on any atom is 0.407 e. The number of amides is 1. The highest BCUT2D eigenvalue weighted by atomic mass is 16.6. The monoisotopic (exact) mass is 399 g/mol. The van der Waals surface area contributed by atoms with Crippen molar-refractivity contribution in [1.82, 2.24) is 5.32 Å². The molecule has 0 aliphatic rings. The van der Waals surface area contributed by atoms with Gasteiger partial charge in [-0.1, -0.05) is 98.3 Å². The predicted molar refractivity (Wildman–Crippen MR) is 115 cm³/mol. The molecule has 1 N–H and O–H groups in total. The first-order valence-electron chi connectivity index (χ1n) is 11.6. The van der Waals surface area contributed by atoms with E-state index in [-0.39, 0.29) is 11.9 Å². The maximum atomic E-state index is 12.2. The summed E-state index contributed by atoms with van der Waals surface area (Å²) in [6, 6.07) is -0.651. The summed E-state index contributed by atoms with van der Waals surface area (Å²) < 4.78 is 10.4. The van der Waals surface area contributed by atoms with E-state index in [0.717, 1.165) is 25.7 Å². The number of unbranched alkanes of at least 4 members (excludes halogenated alkanes) is 11. The second-order valence-electron chi connectivity index (χ2n) is 8.06. The molecule has 0 saturated carbocycles. The molecule has 0 aromatic carbocycles.